The minimum Gasteiger partial charge on any atom is -0.465 e. The van der Waals surface area contributed by atoms with Gasteiger partial charge in [0.2, 0.25) is 0 Å². The number of rotatable bonds is 6. The summed E-state index contributed by atoms with van der Waals surface area (Å²) < 4.78 is 1.86. The van der Waals surface area contributed by atoms with Crippen LogP contribution in [0, 0.1) is 0 Å². The molecule has 212 valence electrons. The number of aromatic nitrogens is 2. The Morgan fingerprint density at radius 2 is 1.46 bits per heavy atom. The third-order valence-electron chi connectivity index (χ3n) is 8.02. The fraction of sp³-hybridized carbons (Fsp3) is 0.323. The van der Waals surface area contributed by atoms with Crippen LogP contribution in [-0.4, -0.2) is 75.2 Å². The predicted octanol–water partition coefficient (Wildman–Crippen LogP) is 4.60. The first-order valence-corrected chi connectivity index (χ1v) is 14.1. The number of benzene rings is 3. The van der Waals surface area contributed by atoms with Crippen LogP contribution in [0.2, 0.25) is 0 Å². The molecule has 10 nitrogen and oxygen atoms in total. The molecule has 0 unspecified atom stereocenters. The lowest BCUT2D eigenvalue weighted by atomic mass is 10.0. The Kier molecular flexibility index (Phi) is 7.47. The number of aliphatic hydroxyl groups excluding tert-OH is 1. The van der Waals surface area contributed by atoms with Gasteiger partial charge in [0, 0.05) is 60.2 Å². The van der Waals surface area contributed by atoms with Gasteiger partial charge in [-0.1, -0.05) is 0 Å². The molecule has 2 aliphatic heterocycles. The molecule has 4 aromatic rings. The molecular weight excluding hydrogens is 520 g/mol. The summed E-state index contributed by atoms with van der Waals surface area (Å²) in [4.78, 5) is 27.9. The highest BCUT2D eigenvalue weighted by Crippen LogP contribution is 2.27. The number of nitrogens with zero attached hydrogens (tertiary/aromatic N) is 4. The standard InChI is InChI=1S/C31H34N6O4/c38-28-13-17-35(18-14-28)26-8-3-23(4-9-26)33-25-5-10-29-22(19-25)20-32-37(29)27-6-1-21(2-7-27)30(39)36-15-11-24(12-16-36)34-31(40)41/h1-10,19-20,24,28,33-34,38H,11-18H2,(H,40,41). The SMILES string of the molecule is O=C(O)NC1CCN(C(=O)c2ccc(-n3ncc4cc(Nc5ccc(N6CCC(O)CC6)cc5)ccc43)cc2)CC1. The summed E-state index contributed by atoms with van der Waals surface area (Å²) in [6.07, 6.45) is 3.48. The van der Waals surface area contributed by atoms with Crippen LogP contribution in [0.15, 0.2) is 72.9 Å². The third-order valence-corrected chi connectivity index (χ3v) is 8.02. The van der Waals surface area contributed by atoms with E-state index >= 15 is 0 Å². The summed E-state index contributed by atoms with van der Waals surface area (Å²) in [5.74, 6) is -0.0471. The van der Waals surface area contributed by atoms with Crippen molar-refractivity contribution in [3.63, 3.8) is 0 Å². The molecule has 0 radical (unpaired) electrons. The van der Waals surface area contributed by atoms with Crippen molar-refractivity contribution < 1.29 is 19.8 Å². The molecule has 41 heavy (non-hydrogen) atoms. The average molecular weight is 555 g/mol. The molecular formula is C31H34N6O4. The maximum absolute atomic E-state index is 13.0. The van der Waals surface area contributed by atoms with Crippen LogP contribution in [0.5, 0.6) is 0 Å². The van der Waals surface area contributed by atoms with Gasteiger partial charge in [0.1, 0.15) is 0 Å². The number of carboxylic acid groups (broad SMARTS) is 1. The lowest BCUT2D eigenvalue weighted by Crippen LogP contribution is -2.46. The van der Waals surface area contributed by atoms with E-state index in [1.165, 1.54) is 5.69 Å². The van der Waals surface area contributed by atoms with Crippen LogP contribution in [0.4, 0.5) is 21.9 Å². The number of fused-ring (bicyclic) bond motifs is 1. The number of nitrogens with one attached hydrogen (secondary N) is 2. The van der Waals surface area contributed by atoms with Crippen molar-refractivity contribution in [1.29, 1.82) is 0 Å². The molecule has 2 saturated heterocycles. The molecule has 2 fully saturated rings. The van der Waals surface area contributed by atoms with E-state index in [1.807, 2.05) is 47.3 Å². The fourth-order valence-corrected chi connectivity index (χ4v) is 5.69. The van der Waals surface area contributed by atoms with Gasteiger partial charge >= 0.3 is 6.09 Å². The number of anilines is 3. The first-order valence-electron chi connectivity index (χ1n) is 14.1. The first kappa shape index (κ1) is 26.6. The van der Waals surface area contributed by atoms with Crippen LogP contribution in [-0.2, 0) is 0 Å². The second kappa shape index (κ2) is 11.5. The molecule has 3 aromatic carbocycles. The Balaban J connectivity index is 1.09. The highest BCUT2D eigenvalue weighted by Gasteiger charge is 2.24. The van der Waals surface area contributed by atoms with Gasteiger partial charge in [-0.05, 0) is 92.4 Å². The number of hydrogen-bond donors (Lipinski definition) is 4. The molecule has 2 amide bonds. The number of likely N-dealkylation sites (tertiary alicyclic amines) is 1. The highest BCUT2D eigenvalue weighted by molar-refractivity contribution is 5.94. The molecule has 6 rings (SSSR count). The minimum absolute atomic E-state index is 0.0471. The van der Waals surface area contributed by atoms with Crippen molar-refractivity contribution in [2.45, 2.75) is 37.8 Å². The zero-order valence-electron chi connectivity index (χ0n) is 22.7. The van der Waals surface area contributed by atoms with E-state index in [9.17, 15) is 14.7 Å². The molecule has 4 N–H and O–H groups in total. The van der Waals surface area contributed by atoms with E-state index in [2.05, 4.69) is 51.0 Å². The Labute approximate surface area is 238 Å². The van der Waals surface area contributed by atoms with Crippen molar-refractivity contribution in [1.82, 2.24) is 20.0 Å². The van der Waals surface area contributed by atoms with Gasteiger partial charge in [0.15, 0.2) is 0 Å². The fourth-order valence-electron chi connectivity index (χ4n) is 5.69. The number of amides is 2. The number of carbonyl (C=O) groups is 2. The largest absolute Gasteiger partial charge is 0.465 e. The summed E-state index contributed by atoms with van der Waals surface area (Å²) >= 11 is 0. The van der Waals surface area contributed by atoms with Gasteiger partial charge in [0.05, 0.1) is 23.5 Å². The first-order chi connectivity index (χ1) is 19.9. The zero-order valence-corrected chi connectivity index (χ0v) is 22.7. The normalized spacial score (nSPS) is 16.6. The predicted molar refractivity (Wildman–Crippen MR) is 158 cm³/mol. The summed E-state index contributed by atoms with van der Waals surface area (Å²) in [5.41, 5.74) is 5.57. The second-order valence-electron chi connectivity index (χ2n) is 10.8. The monoisotopic (exact) mass is 554 g/mol. The van der Waals surface area contributed by atoms with Gasteiger partial charge in [-0.15, -0.1) is 0 Å². The number of hydrogen-bond acceptors (Lipinski definition) is 6. The molecule has 10 heteroatoms. The van der Waals surface area contributed by atoms with Gasteiger partial charge < -0.3 is 30.6 Å². The third kappa shape index (κ3) is 5.97. The topological polar surface area (TPSA) is 123 Å². The summed E-state index contributed by atoms with van der Waals surface area (Å²) in [6.45, 7) is 2.81. The Bertz CT molecular complexity index is 1520. The van der Waals surface area contributed by atoms with E-state index in [0.717, 1.165) is 53.9 Å². The smallest absolute Gasteiger partial charge is 0.404 e. The van der Waals surface area contributed by atoms with Crippen LogP contribution in [0.25, 0.3) is 16.6 Å². The number of piperidine rings is 2. The van der Waals surface area contributed by atoms with Crippen LogP contribution < -0.4 is 15.5 Å². The van der Waals surface area contributed by atoms with E-state index in [1.54, 1.807) is 4.90 Å². The molecule has 1 aromatic heterocycles. The zero-order chi connectivity index (χ0) is 28.3. The molecule has 0 aliphatic carbocycles. The maximum Gasteiger partial charge on any atom is 0.404 e. The minimum atomic E-state index is -1.02. The molecule has 3 heterocycles. The van der Waals surface area contributed by atoms with Gasteiger partial charge in [0.25, 0.3) is 5.91 Å². The van der Waals surface area contributed by atoms with Gasteiger partial charge in [-0.25, -0.2) is 9.48 Å². The van der Waals surface area contributed by atoms with Crippen molar-refractivity contribution >= 4 is 40.0 Å². The molecule has 0 spiro atoms. The average Bonchev–Trinajstić information content (AvgIpc) is 3.41. The number of aliphatic hydroxyl groups is 1. The van der Waals surface area contributed by atoms with E-state index in [4.69, 9.17) is 5.11 Å². The van der Waals surface area contributed by atoms with E-state index < -0.39 is 6.09 Å². The van der Waals surface area contributed by atoms with E-state index in [-0.39, 0.29) is 18.1 Å². The Morgan fingerprint density at radius 1 is 0.805 bits per heavy atom. The molecule has 2 aliphatic rings. The maximum atomic E-state index is 13.0. The van der Waals surface area contributed by atoms with Crippen LogP contribution in [0.3, 0.4) is 0 Å². The molecule has 0 bridgehead atoms. The van der Waals surface area contributed by atoms with Crippen LogP contribution in [0.1, 0.15) is 36.0 Å². The van der Waals surface area contributed by atoms with Crippen LogP contribution >= 0.6 is 0 Å². The van der Waals surface area contributed by atoms with Crippen molar-refractivity contribution in [3.05, 3.63) is 78.5 Å². The lowest BCUT2D eigenvalue weighted by molar-refractivity contribution is 0.0706. The summed E-state index contributed by atoms with van der Waals surface area (Å²) in [7, 11) is 0. The quantitative estimate of drug-likeness (QED) is 0.275. The lowest BCUT2D eigenvalue weighted by Gasteiger charge is -2.31. The summed E-state index contributed by atoms with van der Waals surface area (Å²) in [5, 5.41) is 30.2. The summed E-state index contributed by atoms with van der Waals surface area (Å²) in [6, 6.07) is 21.8. The number of carbonyl (C=O) groups excluding carboxylic acids is 1. The van der Waals surface area contributed by atoms with E-state index in [0.29, 0.717) is 31.5 Å². The molecule has 0 atom stereocenters. The Morgan fingerprint density at radius 3 is 2.15 bits per heavy atom. The second-order valence-corrected chi connectivity index (χ2v) is 10.8. The van der Waals surface area contributed by atoms with Crippen molar-refractivity contribution in [3.8, 4) is 5.69 Å². The van der Waals surface area contributed by atoms with Crippen molar-refractivity contribution in [2.24, 2.45) is 0 Å². The van der Waals surface area contributed by atoms with Crippen molar-refractivity contribution in [2.75, 3.05) is 36.4 Å². The highest BCUT2D eigenvalue weighted by atomic mass is 16.4. The molecule has 0 saturated carbocycles. The van der Waals surface area contributed by atoms with Gasteiger partial charge in [-0.2, -0.15) is 5.10 Å². The van der Waals surface area contributed by atoms with Gasteiger partial charge in [-0.3, -0.25) is 4.79 Å². The Hall–Kier alpha value is -4.57.